The lowest BCUT2D eigenvalue weighted by Crippen LogP contribution is -2.25. The van der Waals surface area contributed by atoms with Gasteiger partial charge in [0, 0.05) is 6.54 Å². The number of aromatic hydroxyl groups is 2. The minimum Gasteiger partial charge on any atom is -0.504 e. The Labute approximate surface area is 106 Å². The van der Waals surface area contributed by atoms with Crippen LogP contribution in [-0.2, 0) is 11.2 Å². The third-order valence-corrected chi connectivity index (χ3v) is 2.45. The van der Waals surface area contributed by atoms with E-state index in [-0.39, 0.29) is 23.8 Å². The van der Waals surface area contributed by atoms with Gasteiger partial charge in [0.05, 0.1) is 6.42 Å². The predicted octanol–water partition coefficient (Wildman–Crippen LogP) is 1.89. The highest BCUT2D eigenvalue weighted by atomic mass is 16.3. The maximum absolute atomic E-state index is 11.4. The fraction of sp³-hybridized carbons (Fsp3) is 0.214. The van der Waals surface area contributed by atoms with Crippen LogP contribution in [0.25, 0.3) is 0 Å². The first-order valence-electron chi connectivity index (χ1n) is 5.60. The summed E-state index contributed by atoms with van der Waals surface area (Å²) in [7, 11) is 0. The maximum Gasteiger partial charge on any atom is 0.224 e. The van der Waals surface area contributed by atoms with Crippen LogP contribution >= 0.6 is 0 Å². The Kier molecular flexibility index (Phi) is 4.99. The van der Waals surface area contributed by atoms with E-state index in [1.54, 1.807) is 12.1 Å². The molecule has 0 saturated heterocycles. The summed E-state index contributed by atoms with van der Waals surface area (Å²) in [4.78, 5) is 11.4. The Bertz CT molecular complexity index is 466. The zero-order valence-corrected chi connectivity index (χ0v) is 10.1. The lowest BCUT2D eigenvalue weighted by molar-refractivity contribution is -0.120. The molecule has 0 atom stereocenters. The quantitative estimate of drug-likeness (QED) is 0.531. The van der Waals surface area contributed by atoms with Crippen LogP contribution in [0.15, 0.2) is 43.0 Å². The summed E-state index contributed by atoms with van der Waals surface area (Å²) < 4.78 is 0. The number of hydrogen-bond donors (Lipinski definition) is 3. The molecule has 0 radical (unpaired) electrons. The molecule has 1 rings (SSSR count). The van der Waals surface area contributed by atoms with Gasteiger partial charge in [-0.05, 0) is 29.7 Å². The summed E-state index contributed by atoms with van der Waals surface area (Å²) in [6.07, 6.45) is 2.38. The molecule has 0 aromatic heterocycles. The van der Waals surface area contributed by atoms with E-state index >= 15 is 0 Å². The number of rotatable bonds is 6. The maximum atomic E-state index is 11.4. The SMILES string of the molecule is C=CC(=C)CC(=O)NCCc1ccc(O)c(O)c1. The van der Waals surface area contributed by atoms with E-state index in [1.807, 2.05) is 0 Å². The van der Waals surface area contributed by atoms with Crippen molar-refractivity contribution < 1.29 is 15.0 Å². The zero-order chi connectivity index (χ0) is 13.5. The van der Waals surface area contributed by atoms with Crippen molar-refractivity contribution in [3.8, 4) is 11.5 Å². The van der Waals surface area contributed by atoms with Gasteiger partial charge in [-0.3, -0.25) is 4.79 Å². The van der Waals surface area contributed by atoms with Crippen molar-refractivity contribution in [2.24, 2.45) is 0 Å². The Balaban J connectivity index is 2.37. The van der Waals surface area contributed by atoms with E-state index in [4.69, 9.17) is 5.11 Å². The predicted molar refractivity (Wildman–Crippen MR) is 70.4 cm³/mol. The topological polar surface area (TPSA) is 69.6 Å². The number of carbonyl (C=O) groups excluding carboxylic acids is 1. The first-order valence-corrected chi connectivity index (χ1v) is 5.60. The second-order valence-electron chi connectivity index (χ2n) is 3.96. The van der Waals surface area contributed by atoms with Crippen molar-refractivity contribution in [1.82, 2.24) is 5.32 Å². The van der Waals surface area contributed by atoms with Crippen LogP contribution in [0.3, 0.4) is 0 Å². The molecule has 0 fully saturated rings. The van der Waals surface area contributed by atoms with Crippen molar-refractivity contribution in [2.75, 3.05) is 6.54 Å². The van der Waals surface area contributed by atoms with Gasteiger partial charge in [0.25, 0.3) is 0 Å². The summed E-state index contributed by atoms with van der Waals surface area (Å²) in [6, 6.07) is 4.60. The fourth-order valence-corrected chi connectivity index (χ4v) is 1.41. The molecule has 0 aliphatic rings. The van der Waals surface area contributed by atoms with E-state index in [9.17, 15) is 9.90 Å². The molecule has 0 aliphatic heterocycles. The Hall–Kier alpha value is -2.23. The Morgan fingerprint density at radius 2 is 2.06 bits per heavy atom. The smallest absolute Gasteiger partial charge is 0.224 e. The van der Waals surface area contributed by atoms with Crippen molar-refractivity contribution in [2.45, 2.75) is 12.8 Å². The molecule has 4 nitrogen and oxygen atoms in total. The highest BCUT2D eigenvalue weighted by molar-refractivity contribution is 5.78. The third kappa shape index (κ3) is 4.33. The molecular formula is C14H17NO3. The second kappa shape index (κ2) is 6.49. The van der Waals surface area contributed by atoms with Crippen molar-refractivity contribution >= 4 is 5.91 Å². The van der Waals surface area contributed by atoms with Gasteiger partial charge in [-0.1, -0.05) is 25.3 Å². The number of amides is 1. The average Bonchev–Trinajstić information content (AvgIpc) is 2.33. The number of allylic oxidation sites excluding steroid dienone is 1. The number of phenols is 2. The molecule has 0 aliphatic carbocycles. The van der Waals surface area contributed by atoms with Crippen molar-refractivity contribution in [1.29, 1.82) is 0 Å². The fourth-order valence-electron chi connectivity index (χ4n) is 1.41. The first-order chi connectivity index (χ1) is 8.52. The van der Waals surface area contributed by atoms with Crippen LogP contribution in [-0.4, -0.2) is 22.7 Å². The Morgan fingerprint density at radius 3 is 2.67 bits per heavy atom. The van der Waals surface area contributed by atoms with Crippen LogP contribution < -0.4 is 5.32 Å². The minimum atomic E-state index is -0.154. The van der Waals surface area contributed by atoms with Crippen LogP contribution in [0.1, 0.15) is 12.0 Å². The van der Waals surface area contributed by atoms with Gasteiger partial charge in [-0.25, -0.2) is 0 Å². The minimum absolute atomic E-state index is 0.108. The molecule has 18 heavy (non-hydrogen) atoms. The van der Waals surface area contributed by atoms with Crippen LogP contribution in [0.5, 0.6) is 11.5 Å². The van der Waals surface area contributed by atoms with E-state index < -0.39 is 0 Å². The molecule has 3 N–H and O–H groups in total. The van der Waals surface area contributed by atoms with Gasteiger partial charge >= 0.3 is 0 Å². The molecule has 0 bridgehead atoms. The van der Waals surface area contributed by atoms with Crippen LogP contribution in [0, 0.1) is 0 Å². The van der Waals surface area contributed by atoms with Gasteiger partial charge in [0.2, 0.25) is 5.91 Å². The van der Waals surface area contributed by atoms with Gasteiger partial charge in [0.1, 0.15) is 0 Å². The first kappa shape index (κ1) is 13.8. The highest BCUT2D eigenvalue weighted by Gasteiger charge is 2.03. The van der Waals surface area contributed by atoms with Gasteiger partial charge in [-0.15, -0.1) is 0 Å². The molecule has 4 heteroatoms. The molecule has 96 valence electrons. The molecule has 1 aromatic rings. The molecule has 1 amide bonds. The van der Waals surface area contributed by atoms with Crippen molar-refractivity contribution in [3.63, 3.8) is 0 Å². The number of phenolic OH excluding ortho intramolecular Hbond substituents is 2. The normalized spacial score (nSPS) is 9.78. The monoisotopic (exact) mass is 247 g/mol. The van der Waals surface area contributed by atoms with E-state index in [0.29, 0.717) is 18.5 Å². The largest absolute Gasteiger partial charge is 0.504 e. The average molecular weight is 247 g/mol. The molecule has 1 aromatic carbocycles. The van der Waals surface area contributed by atoms with E-state index in [1.165, 1.54) is 12.1 Å². The number of benzene rings is 1. The zero-order valence-electron chi connectivity index (χ0n) is 10.1. The van der Waals surface area contributed by atoms with Crippen LogP contribution in [0.2, 0.25) is 0 Å². The third-order valence-electron chi connectivity index (χ3n) is 2.45. The van der Waals surface area contributed by atoms with Crippen molar-refractivity contribution in [3.05, 3.63) is 48.6 Å². The summed E-state index contributed by atoms with van der Waals surface area (Å²) in [5.74, 6) is -0.410. The summed E-state index contributed by atoms with van der Waals surface area (Å²) in [5.41, 5.74) is 1.52. The van der Waals surface area contributed by atoms with E-state index in [0.717, 1.165) is 5.56 Å². The van der Waals surface area contributed by atoms with Gasteiger partial charge in [0.15, 0.2) is 11.5 Å². The molecule has 0 heterocycles. The summed E-state index contributed by atoms with van der Waals surface area (Å²) in [5, 5.41) is 21.2. The lowest BCUT2D eigenvalue weighted by atomic mass is 10.1. The van der Waals surface area contributed by atoms with Gasteiger partial charge < -0.3 is 15.5 Å². The number of nitrogens with one attached hydrogen (secondary N) is 1. The van der Waals surface area contributed by atoms with E-state index in [2.05, 4.69) is 18.5 Å². The van der Waals surface area contributed by atoms with Crippen LogP contribution in [0.4, 0.5) is 0 Å². The number of carbonyl (C=O) groups is 1. The summed E-state index contributed by atoms with van der Waals surface area (Å²) >= 11 is 0. The highest BCUT2D eigenvalue weighted by Crippen LogP contribution is 2.24. The standard InChI is InChI=1S/C14H17NO3/c1-3-10(2)8-14(18)15-7-6-11-4-5-12(16)13(17)9-11/h3-5,9,16-17H,1-2,6-8H2,(H,15,18). The second-order valence-corrected chi connectivity index (χ2v) is 3.96. The van der Waals surface area contributed by atoms with Gasteiger partial charge in [-0.2, -0.15) is 0 Å². The molecule has 0 spiro atoms. The Morgan fingerprint density at radius 1 is 1.33 bits per heavy atom. The number of hydrogen-bond acceptors (Lipinski definition) is 3. The molecular weight excluding hydrogens is 230 g/mol. The summed E-state index contributed by atoms with van der Waals surface area (Å²) in [6.45, 7) is 7.66. The molecule has 0 unspecified atom stereocenters. The lowest BCUT2D eigenvalue weighted by Gasteiger charge is -2.06. The molecule has 0 saturated carbocycles.